The third-order valence-corrected chi connectivity index (χ3v) is 5.05. The highest BCUT2D eigenvalue weighted by molar-refractivity contribution is 5.95. The molecule has 0 saturated carbocycles. The van der Waals surface area contributed by atoms with E-state index in [0.717, 1.165) is 18.4 Å². The van der Waals surface area contributed by atoms with E-state index in [1.807, 2.05) is 6.07 Å². The normalized spacial score (nSPS) is 15.9. The fourth-order valence-electron chi connectivity index (χ4n) is 3.42. The Morgan fingerprint density at radius 1 is 1.27 bits per heavy atom. The lowest BCUT2D eigenvalue weighted by Crippen LogP contribution is -2.40. The van der Waals surface area contributed by atoms with E-state index in [1.165, 1.54) is 13.0 Å². The number of ether oxygens (including phenoxy) is 1. The highest BCUT2D eigenvalue weighted by Crippen LogP contribution is 2.36. The minimum Gasteiger partial charge on any atom is -0.383 e. The van der Waals surface area contributed by atoms with Gasteiger partial charge in [-0.3, -0.25) is 4.79 Å². The second-order valence-corrected chi connectivity index (χ2v) is 6.68. The van der Waals surface area contributed by atoms with Crippen molar-refractivity contribution < 1.29 is 13.9 Å². The monoisotopic (exact) mass is 352 g/mol. The highest BCUT2D eigenvalue weighted by Gasteiger charge is 2.34. The summed E-state index contributed by atoms with van der Waals surface area (Å²) in [5, 5.41) is 12.7. The van der Waals surface area contributed by atoms with Crippen LogP contribution < -0.4 is 5.32 Å². The number of nitrogens with one attached hydrogen (secondary N) is 1. The minimum atomic E-state index is -0.278. The first kappa shape index (κ1) is 18.1. The lowest BCUT2D eigenvalue weighted by Gasteiger charge is -2.38. The summed E-state index contributed by atoms with van der Waals surface area (Å²) >= 11 is 0. The van der Waals surface area contributed by atoms with Crippen LogP contribution in [0.1, 0.15) is 41.3 Å². The Morgan fingerprint density at radius 3 is 2.69 bits per heavy atom. The van der Waals surface area contributed by atoms with Gasteiger partial charge in [0.2, 0.25) is 0 Å². The lowest BCUT2D eigenvalue weighted by atomic mass is 9.74. The molecule has 0 bridgehead atoms. The molecule has 1 heterocycles. The predicted molar refractivity (Wildman–Crippen MR) is 97.8 cm³/mol. The van der Waals surface area contributed by atoms with Gasteiger partial charge in [0, 0.05) is 30.7 Å². The fourth-order valence-corrected chi connectivity index (χ4v) is 3.42. The molecule has 2 aromatic carbocycles. The Balaban J connectivity index is 1.91. The van der Waals surface area contributed by atoms with Gasteiger partial charge in [0.25, 0.3) is 0 Å². The molecule has 3 rings (SSSR count). The van der Waals surface area contributed by atoms with Crippen molar-refractivity contribution in [3.05, 3.63) is 65.0 Å². The van der Waals surface area contributed by atoms with Gasteiger partial charge in [-0.05, 0) is 55.7 Å². The molecule has 1 fully saturated rings. The van der Waals surface area contributed by atoms with Gasteiger partial charge in [-0.1, -0.05) is 12.1 Å². The standard InChI is InChI=1S/C21H21FN2O2/c1-15(25)16-5-6-17(13-23)20(11-16)24-14-21(7-9-26-10-8-21)18-3-2-4-19(22)12-18/h2-6,11-12,24H,7-10,14H2,1H3. The molecule has 2 aromatic rings. The maximum Gasteiger partial charge on any atom is 0.159 e. The van der Waals surface area contributed by atoms with Crippen LogP contribution in [-0.2, 0) is 10.2 Å². The molecule has 1 aliphatic heterocycles. The molecule has 134 valence electrons. The molecule has 0 aromatic heterocycles. The maximum atomic E-state index is 13.8. The molecule has 1 saturated heterocycles. The molecule has 26 heavy (non-hydrogen) atoms. The summed E-state index contributed by atoms with van der Waals surface area (Å²) in [7, 11) is 0. The SMILES string of the molecule is CC(=O)c1ccc(C#N)c(NCC2(c3cccc(F)c3)CCOCC2)c1. The number of hydrogen-bond acceptors (Lipinski definition) is 4. The first-order valence-corrected chi connectivity index (χ1v) is 8.67. The van der Waals surface area contributed by atoms with Crippen LogP contribution in [-0.4, -0.2) is 25.5 Å². The molecule has 1 N–H and O–H groups in total. The van der Waals surface area contributed by atoms with Gasteiger partial charge < -0.3 is 10.1 Å². The van der Waals surface area contributed by atoms with E-state index in [-0.39, 0.29) is 17.0 Å². The molecule has 0 amide bonds. The van der Waals surface area contributed by atoms with Crippen molar-refractivity contribution in [3.8, 4) is 6.07 Å². The van der Waals surface area contributed by atoms with Crippen LogP contribution in [0.3, 0.4) is 0 Å². The average molecular weight is 352 g/mol. The Morgan fingerprint density at radius 2 is 2.04 bits per heavy atom. The smallest absolute Gasteiger partial charge is 0.159 e. The quantitative estimate of drug-likeness (QED) is 0.824. The second-order valence-electron chi connectivity index (χ2n) is 6.68. The zero-order chi connectivity index (χ0) is 18.6. The highest BCUT2D eigenvalue weighted by atomic mass is 19.1. The first-order chi connectivity index (χ1) is 12.5. The molecule has 0 radical (unpaired) electrons. The van der Waals surface area contributed by atoms with Crippen molar-refractivity contribution in [3.63, 3.8) is 0 Å². The van der Waals surface area contributed by atoms with Crippen molar-refractivity contribution in [1.82, 2.24) is 0 Å². The Hall–Kier alpha value is -2.71. The van der Waals surface area contributed by atoms with Gasteiger partial charge in [-0.2, -0.15) is 5.26 Å². The van der Waals surface area contributed by atoms with E-state index >= 15 is 0 Å². The molecule has 0 spiro atoms. The molecule has 1 aliphatic rings. The Bertz CT molecular complexity index is 851. The number of Topliss-reactive ketones (excluding diaryl/α,β-unsaturated/α-hetero) is 1. The van der Waals surface area contributed by atoms with Crippen LogP contribution in [0.4, 0.5) is 10.1 Å². The zero-order valence-corrected chi connectivity index (χ0v) is 14.7. The Labute approximate surface area is 152 Å². The van der Waals surface area contributed by atoms with Gasteiger partial charge >= 0.3 is 0 Å². The summed E-state index contributed by atoms with van der Waals surface area (Å²) in [6.45, 7) is 3.25. The van der Waals surface area contributed by atoms with Gasteiger partial charge in [0.15, 0.2) is 5.78 Å². The molecular formula is C21H21FN2O2. The summed E-state index contributed by atoms with van der Waals surface area (Å²) in [5.41, 5.74) is 2.31. The first-order valence-electron chi connectivity index (χ1n) is 8.67. The van der Waals surface area contributed by atoms with Crippen LogP contribution in [0.25, 0.3) is 0 Å². The summed E-state index contributed by atoms with van der Waals surface area (Å²) in [4.78, 5) is 11.7. The number of benzene rings is 2. The van der Waals surface area contributed by atoms with Gasteiger partial charge in [-0.15, -0.1) is 0 Å². The molecule has 0 aliphatic carbocycles. The van der Waals surface area contributed by atoms with Crippen LogP contribution in [0, 0.1) is 17.1 Å². The topological polar surface area (TPSA) is 62.1 Å². The van der Waals surface area contributed by atoms with E-state index in [2.05, 4.69) is 11.4 Å². The van der Waals surface area contributed by atoms with E-state index < -0.39 is 0 Å². The summed E-state index contributed by atoms with van der Waals surface area (Å²) in [6, 6.07) is 13.8. The van der Waals surface area contributed by atoms with Gasteiger partial charge in [-0.25, -0.2) is 4.39 Å². The number of nitriles is 1. The second kappa shape index (κ2) is 7.67. The molecule has 4 nitrogen and oxygen atoms in total. The van der Waals surface area contributed by atoms with E-state index in [1.54, 1.807) is 30.3 Å². The van der Waals surface area contributed by atoms with Crippen LogP contribution >= 0.6 is 0 Å². The number of rotatable bonds is 5. The maximum absolute atomic E-state index is 13.8. The number of nitrogens with zero attached hydrogens (tertiary/aromatic N) is 1. The number of hydrogen-bond donors (Lipinski definition) is 1. The van der Waals surface area contributed by atoms with Gasteiger partial charge in [0.1, 0.15) is 11.9 Å². The molecule has 5 heteroatoms. The van der Waals surface area contributed by atoms with E-state index in [4.69, 9.17) is 4.74 Å². The largest absolute Gasteiger partial charge is 0.383 e. The molecule has 0 atom stereocenters. The summed E-state index contributed by atoms with van der Waals surface area (Å²) in [6.07, 6.45) is 1.52. The van der Waals surface area contributed by atoms with Crippen molar-refractivity contribution in [1.29, 1.82) is 5.26 Å². The van der Waals surface area contributed by atoms with Crippen molar-refractivity contribution in [2.75, 3.05) is 25.1 Å². The summed E-state index contributed by atoms with van der Waals surface area (Å²) in [5.74, 6) is -0.312. The minimum absolute atomic E-state index is 0.0524. The fraction of sp³-hybridized carbons (Fsp3) is 0.333. The van der Waals surface area contributed by atoms with Crippen molar-refractivity contribution >= 4 is 11.5 Å². The Kier molecular flexibility index (Phi) is 5.34. The third kappa shape index (κ3) is 3.76. The molecular weight excluding hydrogens is 331 g/mol. The number of anilines is 1. The van der Waals surface area contributed by atoms with E-state index in [0.29, 0.717) is 36.6 Å². The predicted octanol–water partition coefficient (Wildman–Crippen LogP) is 4.06. The lowest BCUT2D eigenvalue weighted by molar-refractivity contribution is 0.0543. The number of ketones is 1. The van der Waals surface area contributed by atoms with Crippen LogP contribution in [0.5, 0.6) is 0 Å². The third-order valence-electron chi connectivity index (χ3n) is 5.05. The number of halogens is 1. The number of carbonyl (C=O) groups excluding carboxylic acids is 1. The summed E-state index contributed by atoms with van der Waals surface area (Å²) < 4.78 is 19.3. The van der Waals surface area contributed by atoms with E-state index in [9.17, 15) is 14.4 Å². The molecule has 0 unspecified atom stereocenters. The van der Waals surface area contributed by atoms with Gasteiger partial charge in [0.05, 0.1) is 11.3 Å². The average Bonchev–Trinajstić information content (AvgIpc) is 2.67. The van der Waals surface area contributed by atoms with Crippen LogP contribution in [0.15, 0.2) is 42.5 Å². The zero-order valence-electron chi connectivity index (χ0n) is 14.7. The number of carbonyl (C=O) groups is 1. The van der Waals surface area contributed by atoms with Crippen molar-refractivity contribution in [2.24, 2.45) is 0 Å². The van der Waals surface area contributed by atoms with Crippen molar-refractivity contribution in [2.45, 2.75) is 25.2 Å². The van der Waals surface area contributed by atoms with Crippen LogP contribution in [0.2, 0.25) is 0 Å².